The molecule has 0 amide bonds. The molecule has 0 aliphatic heterocycles. The molecule has 0 bridgehead atoms. The molecule has 166 valence electrons. The maximum atomic E-state index is 9.74. The highest BCUT2D eigenvalue weighted by Gasteiger charge is 2.21. The molecule has 0 spiro atoms. The Kier molecular flexibility index (Phi) is 4.29. The lowest BCUT2D eigenvalue weighted by Crippen LogP contribution is -2.29. The van der Waals surface area contributed by atoms with Crippen LogP contribution >= 0.6 is 0 Å². The number of fused-ring (bicyclic) bond motifs is 6. The fourth-order valence-corrected chi connectivity index (χ4v) is 4.88. The third-order valence-electron chi connectivity index (χ3n) is 6.47. The van der Waals surface area contributed by atoms with Gasteiger partial charge < -0.3 is 14.5 Å². The van der Waals surface area contributed by atoms with Crippen molar-refractivity contribution in [2.45, 2.75) is 0 Å². The van der Waals surface area contributed by atoms with Crippen molar-refractivity contribution in [2.75, 3.05) is 0 Å². The lowest BCUT2D eigenvalue weighted by Gasteiger charge is -2.09. The Labute approximate surface area is 199 Å². The Morgan fingerprint density at radius 1 is 0.686 bits per heavy atom. The summed E-state index contributed by atoms with van der Waals surface area (Å²) < 4.78 is 8.19. The predicted octanol–water partition coefficient (Wildman–Crippen LogP) is 4.82. The third-order valence-corrected chi connectivity index (χ3v) is 6.47. The highest BCUT2D eigenvalue weighted by Crippen LogP contribution is 2.37. The van der Waals surface area contributed by atoms with Gasteiger partial charge >= 0.3 is 7.12 Å². The van der Waals surface area contributed by atoms with E-state index in [1.165, 1.54) is 0 Å². The summed E-state index contributed by atoms with van der Waals surface area (Å²) in [5.74, 6) is 0.485. The van der Waals surface area contributed by atoms with Gasteiger partial charge in [-0.2, -0.15) is 4.98 Å². The van der Waals surface area contributed by atoms with Crippen molar-refractivity contribution in [3.8, 4) is 17.2 Å². The van der Waals surface area contributed by atoms with Gasteiger partial charge in [0.15, 0.2) is 0 Å². The van der Waals surface area contributed by atoms with E-state index in [0.717, 1.165) is 49.4 Å². The number of hydrogen-bond donors (Lipinski definition) is 2. The largest absolute Gasteiger partial charge is 0.488 e. The van der Waals surface area contributed by atoms with Crippen molar-refractivity contribution in [2.24, 2.45) is 0 Å². The first-order valence-corrected chi connectivity index (χ1v) is 11.3. The topological polar surface area (TPSA) is 84.3 Å². The molecule has 0 aliphatic rings. The van der Waals surface area contributed by atoms with Crippen LogP contribution in [0.25, 0.3) is 61.1 Å². The number of furan rings is 1. The van der Waals surface area contributed by atoms with Crippen molar-refractivity contribution >= 4 is 56.5 Å². The van der Waals surface area contributed by atoms with Crippen molar-refractivity contribution in [3.63, 3.8) is 0 Å². The Balaban J connectivity index is 1.61. The SMILES string of the molecule is OB(O)c1ccc2c(c1)c1ccccc1n2-c1nc(-c2ccccc2)c2c(n1)oc1ccccc12. The van der Waals surface area contributed by atoms with E-state index in [1.807, 2.05) is 89.5 Å². The van der Waals surface area contributed by atoms with E-state index in [4.69, 9.17) is 14.4 Å². The number of aromatic nitrogens is 3. The Bertz CT molecular complexity index is 1890. The normalized spacial score (nSPS) is 11.7. The number of benzene rings is 4. The Hall–Kier alpha value is -4.46. The standard InChI is InChI=1S/C28H18BN3O3/c33-29(34)18-14-15-23-21(16-18)19-10-4-6-12-22(19)32(23)28-30-26(17-8-2-1-3-9-17)25-20-11-5-7-13-24(20)35-27(25)31-28/h1-16,33-34H. The molecule has 7 rings (SSSR count). The van der Waals surface area contributed by atoms with Crippen molar-refractivity contribution in [1.29, 1.82) is 0 Å². The minimum atomic E-state index is -1.55. The van der Waals surface area contributed by atoms with E-state index < -0.39 is 7.12 Å². The molecular formula is C28H18BN3O3. The average molecular weight is 455 g/mol. The van der Waals surface area contributed by atoms with Crippen LogP contribution < -0.4 is 5.46 Å². The average Bonchev–Trinajstić information content (AvgIpc) is 3.44. The number of hydrogen-bond acceptors (Lipinski definition) is 5. The first-order valence-electron chi connectivity index (χ1n) is 11.3. The zero-order valence-electron chi connectivity index (χ0n) is 18.5. The molecule has 2 N–H and O–H groups in total. The molecule has 0 unspecified atom stereocenters. The van der Waals surface area contributed by atoms with Gasteiger partial charge in [-0.1, -0.05) is 78.9 Å². The molecule has 35 heavy (non-hydrogen) atoms. The monoisotopic (exact) mass is 455 g/mol. The summed E-state index contributed by atoms with van der Waals surface area (Å²) in [6.07, 6.45) is 0. The van der Waals surface area contributed by atoms with Gasteiger partial charge in [0.2, 0.25) is 11.7 Å². The van der Waals surface area contributed by atoms with Crippen LogP contribution in [0.4, 0.5) is 0 Å². The van der Waals surface area contributed by atoms with Crippen LogP contribution in [0.2, 0.25) is 0 Å². The maximum Gasteiger partial charge on any atom is 0.488 e. The number of nitrogens with zero attached hydrogens (tertiary/aromatic N) is 3. The summed E-state index contributed by atoms with van der Waals surface area (Å²) in [5.41, 5.74) is 5.26. The molecule has 0 atom stereocenters. The molecule has 3 heterocycles. The third kappa shape index (κ3) is 2.99. The van der Waals surface area contributed by atoms with E-state index in [-0.39, 0.29) is 0 Å². The summed E-state index contributed by atoms with van der Waals surface area (Å²) >= 11 is 0. The van der Waals surface area contributed by atoms with Crippen LogP contribution in [-0.2, 0) is 0 Å². The molecule has 0 saturated carbocycles. The summed E-state index contributed by atoms with van der Waals surface area (Å²) in [6, 6.07) is 31.3. The van der Waals surface area contributed by atoms with Gasteiger partial charge in [-0.15, -0.1) is 0 Å². The van der Waals surface area contributed by atoms with E-state index in [1.54, 1.807) is 12.1 Å². The molecular weight excluding hydrogens is 437 g/mol. The molecule has 0 radical (unpaired) electrons. The van der Waals surface area contributed by atoms with E-state index in [9.17, 15) is 10.0 Å². The summed E-state index contributed by atoms with van der Waals surface area (Å²) in [4.78, 5) is 9.97. The molecule has 7 heteroatoms. The fraction of sp³-hybridized carbons (Fsp3) is 0. The second kappa shape index (κ2) is 7.53. The van der Waals surface area contributed by atoms with Gasteiger partial charge in [0.1, 0.15) is 5.58 Å². The molecule has 0 saturated heterocycles. The Morgan fingerprint density at radius 2 is 1.40 bits per heavy atom. The number of para-hydroxylation sites is 2. The van der Waals surface area contributed by atoms with Gasteiger partial charge in [0.25, 0.3) is 0 Å². The first-order chi connectivity index (χ1) is 17.2. The fourth-order valence-electron chi connectivity index (χ4n) is 4.88. The second-order valence-electron chi connectivity index (χ2n) is 8.52. The molecule has 6 nitrogen and oxygen atoms in total. The van der Waals surface area contributed by atoms with E-state index >= 15 is 0 Å². The molecule has 7 aromatic rings. The molecule has 4 aromatic carbocycles. The van der Waals surface area contributed by atoms with Crippen LogP contribution in [0, 0.1) is 0 Å². The van der Waals surface area contributed by atoms with Crippen molar-refractivity contribution < 1.29 is 14.5 Å². The van der Waals surface area contributed by atoms with E-state index in [2.05, 4.69) is 0 Å². The van der Waals surface area contributed by atoms with Crippen molar-refractivity contribution in [1.82, 2.24) is 14.5 Å². The van der Waals surface area contributed by atoms with Gasteiger partial charge in [-0.3, -0.25) is 4.57 Å². The van der Waals surface area contributed by atoms with Crippen LogP contribution in [0.15, 0.2) is 101 Å². The van der Waals surface area contributed by atoms with Gasteiger partial charge in [-0.05, 0) is 23.7 Å². The van der Waals surface area contributed by atoms with E-state index in [0.29, 0.717) is 17.1 Å². The zero-order valence-corrected chi connectivity index (χ0v) is 18.5. The van der Waals surface area contributed by atoms with Crippen LogP contribution in [-0.4, -0.2) is 31.7 Å². The number of rotatable bonds is 3. The lowest BCUT2D eigenvalue weighted by atomic mass is 9.80. The van der Waals surface area contributed by atoms with Crippen LogP contribution in [0.1, 0.15) is 0 Å². The summed E-state index contributed by atoms with van der Waals surface area (Å²) in [5, 5.41) is 23.2. The smallest absolute Gasteiger partial charge is 0.437 e. The highest BCUT2D eigenvalue weighted by atomic mass is 16.4. The Morgan fingerprint density at radius 3 is 2.23 bits per heavy atom. The zero-order chi connectivity index (χ0) is 23.5. The van der Waals surface area contributed by atoms with Gasteiger partial charge in [0, 0.05) is 21.7 Å². The second-order valence-corrected chi connectivity index (χ2v) is 8.52. The predicted molar refractivity (Wildman–Crippen MR) is 139 cm³/mol. The first kappa shape index (κ1) is 20.0. The lowest BCUT2D eigenvalue weighted by molar-refractivity contribution is 0.426. The molecule has 3 aromatic heterocycles. The van der Waals surface area contributed by atoms with Gasteiger partial charge in [0.05, 0.1) is 22.1 Å². The quantitative estimate of drug-likeness (QED) is 0.374. The highest BCUT2D eigenvalue weighted by molar-refractivity contribution is 6.59. The van der Waals surface area contributed by atoms with Crippen molar-refractivity contribution in [3.05, 3.63) is 97.1 Å². The summed E-state index contributed by atoms with van der Waals surface area (Å²) in [7, 11) is -1.55. The summed E-state index contributed by atoms with van der Waals surface area (Å²) in [6.45, 7) is 0. The van der Waals surface area contributed by atoms with Crippen LogP contribution in [0.3, 0.4) is 0 Å². The minimum Gasteiger partial charge on any atom is -0.437 e. The maximum absolute atomic E-state index is 9.74. The molecule has 0 fully saturated rings. The molecule has 0 aliphatic carbocycles. The van der Waals surface area contributed by atoms with Crippen LogP contribution in [0.5, 0.6) is 0 Å². The minimum absolute atomic E-state index is 0.430. The van der Waals surface area contributed by atoms with Gasteiger partial charge in [-0.25, -0.2) is 4.98 Å².